The van der Waals surface area contributed by atoms with Gasteiger partial charge in [0.2, 0.25) is 0 Å². The molecular formula is C15H14ClN5. The van der Waals surface area contributed by atoms with Gasteiger partial charge in [0, 0.05) is 35.7 Å². The first-order chi connectivity index (χ1) is 10.2. The van der Waals surface area contributed by atoms with E-state index in [2.05, 4.69) is 20.4 Å². The van der Waals surface area contributed by atoms with Crippen molar-refractivity contribution in [2.75, 3.05) is 5.32 Å². The average molecular weight is 300 g/mol. The van der Waals surface area contributed by atoms with Crippen LogP contribution in [0.4, 0.5) is 5.69 Å². The molecule has 0 fully saturated rings. The third-order valence-corrected chi connectivity index (χ3v) is 3.34. The predicted molar refractivity (Wildman–Crippen MR) is 83.0 cm³/mol. The molecule has 1 N–H and O–H groups in total. The van der Waals surface area contributed by atoms with Gasteiger partial charge in [0.1, 0.15) is 5.82 Å². The second-order valence-corrected chi connectivity index (χ2v) is 5.01. The summed E-state index contributed by atoms with van der Waals surface area (Å²) in [5.41, 5.74) is 1.95. The van der Waals surface area contributed by atoms with Crippen molar-refractivity contribution in [1.82, 2.24) is 19.7 Å². The summed E-state index contributed by atoms with van der Waals surface area (Å²) in [6.07, 6.45) is 3.47. The standard InChI is InChI=1S/C15H14ClN5/c1-21-14(10-18-13-4-2-12(16)3-5-13)19-15(20-21)11-6-8-17-9-7-11/h2-9,18H,10H2,1H3. The van der Waals surface area contributed by atoms with E-state index in [9.17, 15) is 0 Å². The largest absolute Gasteiger partial charge is 0.378 e. The van der Waals surface area contributed by atoms with E-state index in [-0.39, 0.29) is 0 Å². The van der Waals surface area contributed by atoms with Crippen LogP contribution in [0.15, 0.2) is 48.8 Å². The fourth-order valence-electron chi connectivity index (χ4n) is 1.94. The molecule has 2 aromatic heterocycles. The number of nitrogens with zero attached hydrogens (tertiary/aromatic N) is 4. The van der Waals surface area contributed by atoms with Crippen LogP contribution in [-0.4, -0.2) is 19.7 Å². The summed E-state index contributed by atoms with van der Waals surface area (Å²) in [6.45, 7) is 0.593. The third kappa shape index (κ3) is 3.20. The van der Waals surface area contributed by atoms with Crippen LogP contribution in [0.5, 0.6) is 0 Å². The van der Waals surface area contributed by atoms with Crippen molar-refractivity contribution in [2.45, 2.75) is 6.54 Å². The Morgan fingerprint density at radius 3 is 2.52 bits per heavy atom. The van der Waals surface area contributed by atoms with E-state index in [0.717, 1.165) is 22.1 Å². The maximum absolute atomic E-state index is 5.87. The molecule has 1 aromatic carbocycles. The number of pyridine rings is 1. The molecule has 0 bridgehead atoms. The van der Waals surface area contributed by atoms with Gasteiger partial charge in [-0.3, -0.25) is 9.67 Å². The molecule has 2 heterocycles. The Bertz CT molecular complexity index is 722. The molecule has 0 amide bonds. The molecule has 0 aliphatic rings. The Morgan fingerprint density at radius 1 is 1.10 bits per heavy atom. The lowest BCUT2D eigenvalue weighted by atomic mass is 10.2. The van der Waals surface area contributed by atoms with Crippen LogP contribution in [0.1, 0.15) is 5.82 Å². The van der Waals surface area contributed by atoms with Crippen LogP contribution in [-0.2, 0) is 13.6 Å². The van der Waals surface area contributed by atoms with E-state index in [4.69, 9.17) is 11.6 Å². The molecular weight excluding hydrogens is 286 g/mol. The first-order valence-corrected chi connectivity index (χ1v) is 6.90. The summed E-state index contributed by atoms with van der Waals surface area (Å²) in [5, 5.41) is 8.44. The molecule has 21 heavy (non-hydrogen) atoms. The monoisotopic (exact) mass is 299 g/mol. The van der Waals surface area contributed by atoms with Crippen LogP contribution >= 0.6 is 11.6 Å². The van der Waals surface area contributed by atoms with Crippen molar-refractivity contribution >= 4 is 17.3 Å². The number of aryl methyl sites for hydroxylation is 1. The van der Waals surface area contributed by atoms with Crippen LogP contribution in [0.3, 0.4) is 0 Å². The minimum atomic E-state index is 0.593. The molecule has 0 aliphatic carbocycles. The second kappa shape index (κ2) is 5.93. The van der Waals surface area contributed by atoms with Gasteiger partial charge in [-0.2, -0.15) is 5.10 Å². The van der Waals surface area contributed by atoms with E-state index in [1.807, 2.05) is 43.4 Å². The molecule has 6 heteroatoms. The van der Waals surface area contributed by atoms with Gasteiger partial charge in [0.15, 0.2) is 5.82 Å². The molecule has 0 spiro atoms. The summed E-state index contributed by atoms with van der Waals surface area (Å²) in [6, 6.07) is 11.4. The Hall–Kier alpha value is -2.40. The van der Waals surface area contributed by atoms with Gasteiger partial charge in [0.25, 0.3) is 0 Å². The number of rotatable bonds is 4. The van der Waals surface area contributed by atoms with Crippen molar-refractivity contribution in [3.05, 3.63) is 59.6 Å². The Labute approximate surface area is 127 Å². The molecule has 3 aromatic rings. The first kappa shape index (κ1) is 13.6. The van der Waals surface area contributed by atoms with Crippen LogP contribution < -0.4 is 5.32 Å². The highest BCUT2D eigenvalue weighted by atomic mass is 35.5. The third-order valence-electron chi connectivity index (χ3n) is 3.09. The summed E-state index contributed by atoms with van der Waals surface area (Å²) in [7, 11) is 1.89. The minimum Gasteiger partial charge on any atom is -0.378 e. The molecule has 3 rings (SSSR count). The SMILES string of the molecule is Cn1nc(-c2ccncc2)nc1CNc1ccc(Cl)cc1. The van der Waals surface area contributed by atoms with Gasteiger partial charge in [-0.25, -0.2) is 4.98 Å². The minimum absolute atomic E-state index is 0.593. The summed E-state index contributed by atoms with van der Waals surface area (Å²) >= 11 is 5.87. The number of nitrogens with one attached hydrogen (secondary N) is 1. The topological polar surface area (TPSA) is 55.6 Å². The maximum Gasteiger partial charge on any atom is 0.181 e. The zero-order valence-corrected chi connectivity index (χ0v) is 12.2. The zero-order valence-electron chi connectivity index (χ0n) is 11.5. The van der Waals surface area contributed by atoms with E-state index < -0.39 is 0 Å². The van der Waals surface area contributed by atoms with Crippen LogP contribution in [0.2, 0.25) is 5.02 Å². The molecule has 0 saturated carbocycles. The fourth-order valence-corrected chi connectivity index (χ4v) is 2.07. The molecule has 106 valence electrons. The van der Waals surface area contributed by atoms with Crippen molar-refractivity contribution in [3.8, 4) is 11.4 Å². The van der Waals surface area contributed by atoms with E-state index >= 15 is 0 Å². The summed E-state index contributed by atoms with van der Waals surface area (Å²) in [5.74, 6) is 1.56. The van der Waals surface area contributed by atoms with E-state index in [1.54, 1.807) is 17.1 Å². The van der Waals surface area contributed by atoms with Gasteiger partial charge >= 0.3 is 0 Å². The molecule has 0 aliphatic heterocycles. The molecule has 0 unspecified atom stereocenters. The highest BCUT2D eigenvalue weighted by Gasteiger charge is 2.08. The van der Waals surface area contributed by atoms with Crippen molar-refractivity contribution in [1.29, 1.82) is 0 Å². The molecule has 0 radical (unpaired) electrons. The van der Waals surface area contributed by atoms with Gasteiger partial charge in [-0.15, -0.1) is 0 Å². The summed E-state index contributed by atoms with van der Waals surface area (Å²) in [4.78, 5) is 8.55. The van der Waals surface area contributed by atoms with Gasteiger partial charge in [-0.05, 0) is 36.4 Å². The fraction of sp³-hybridized carbons (Fsp3) is 0.133. The number of anilines is 1. The predicted octanol–water partition coefficient (Wildman–Crippen LogP) is 3.14. The lowest BCUT2D eigenvalue weighted by Gasteiger charge is -2.05. The maximum atomic E-state index is 5.87. The second-order valence-electron chi connectivity index (χ2n) is 4.57. The summed E-state index contributed by atoms with van der Waals surface area (Å²) < 4.78 is 1.78. The Balaban J connectivity index is 1.74. The lowest BCUT2D eigenvalue weighted by molar-refractivity contribution is 0.713. The average Bonchev–Trinajstić information content (AvgIpc) is 2.89. The Kier molecular flexibility index (Phi) is 3.83. The zero-order chi connectivity index (χ0) is 14.7. The van der Waals surface area contributed by atoms with Crippen LogP contribution in [0, 0.1) is 0 Å². The van der Waals surface area contributed by atoms with Crippen LogP contribution in [0.25, 0.3) is 11.4 Å². The van der Waals surface area contributed by atoms with Crippen molar-refractivity contribution in [2.24, 2.45) is 7.05 Å². The number of aromatic nitrogens is 4. The van der Waals surface area contributed by atoms with Gasteiger partial charge in [0.05, 0.1) is 6.54 Å². The molecule has 0 atom stereocenters. The smallest absolute Gasteiger partial charge is 0.181 e. The highest BCUT2D eigenvalue weighted by molar-refractivity contribution is 6.30. The van der Waals surface area contributed by atoms with Crippen molar-refractivity contribution < 1.29 is 0 Å². The number of hydrogen-bond donors (Lipinski definition) is 1. The highest BCUT2D eigenvalue weighted by Crippen LogP contribution is 2.16. The van der Waals surface area contributed by atoms with E-state index in [1.165, 1.54) is 0 Å². The van der Waals surface area contributed by atoms with Gasteiger partial charge < -0.3 is 5.32 Å². The number of benzene rings is 1. The molecule has 0 saturated heterocycles. The number of hydrogen-bond acceptors (Lipinski definition) is 4. The van der Waals surface area contributed by atoms with Gasteiger partial charge in [-0.1, -0.05) is 11.6 Å². The Morgan fingerprint density at radius 2 is 1.81 bits per heavy atom. The lowest BCUT2D eigenvalue weighted by Crippen LogP contribution is -2.06. The van der Waals surface area contributed by atoms with Crippen molar-refractivity contribution in [3.63, 3.8) is 0 Å². The molecule has 5 nitrogen and oxygen atoms in total. The normalized spacial score (nSPS) is 10.6. The number of halogens is 1. The van der Waals surface area contributed by atoms with E-state index in [0.29, 0.717) is 12.4 Å². The quantitative estimate of drug-likeness (QED) is 0.804. The first-order valence-electron chi connectivity index (χ1n) is 6.52.